The van der Waals surface area contributed by atoms with Crippen LogP contribution in [0.2, 0.25) is 0 Å². The van der Waals surface area contributed by atoms with Gasteiger partial charge in [-0.2, -0.15) is 0 Å². The molecule has 2 aromatic rings. The van der Waals surface area contributed by atoms with Crippen molar-refractivity contribution >= 4 is 11.0 Å². The fourth-order valence-electron chi connectivity index (χ4n) is 3.30. The summed E-state index contributed by atoms with van der Waals surface area (Å²) in [7, 11) is 2.15. The average molecular weight is 287 g/mol. The van der Waals surface area contributed by atoms with Crippen LogP contribution in [0.25, 0.3) is 11.0 Å². The van der Waals surface area contributed by atoms with E-state index in [1.165, 1.54) is 18.4 Å². The van der Waals surface area contributed by atoms with E-state index in [4.69, 9.17) is 0 Å². The quantitative estimate of drug-likeness (QED) is 0.822. The minimum Gasteiger partial charge on any atom is -0.316 e. The van der Waals surface area contributed by atoms with Gasteiger partial charge < -0.3 is 14.9 Å². The van der Waals surface area contributed by atoms with Crippen molar-refractivity contribution in [3.05, 3.63) is 43.5 Å². The third-order valence-corrected chi connectivity index (χ3v) is 4.78. The summed E-state index contributed by atoms with van der Waals surface area (Å²) in [4.78, 5) is 31.0. The summed E-state index contributed by atoms with van der Waals surface area (Å²) in [5, 5.41) is 0. The number of rotatable bonds is 2. The fourth-order valence-corrected chi connectivity index (χ4v) is 3.30. The van der Waals surface area contributed by atoms with Crippen molar-refractivity contribution in [1.82, 2.24) is 14.9 Å². The maximum absolute atomic E-state index is 11.7. The number of aromatic nitrogens is 2. The third kappa shape index (κ3) is 2.42. The summed E-state index contributed by atoms with van der Waals surface area (Å²) in [5.41, 5.74) is 3.83. The van der Waals surface area contributed by atoms with Gasteiger partial charge in [-0.1, -0.05) is 0 Å². The van der Waals surface area contributed by atoms with Crippen molar-refractivity contribution in [1.29, 1.82) is 0 Å². The van der Waals surface area contributed by atoms with Crippen LogP contribution >= 0.6 is 0 Å². The summed E-state index contributed by atoms with van der Waals surface area (Å²) in [6, 6.07) is 2.44. The summed E-state index contributed by atoms with van der Waals surface area (Å²) >= 11 is 0. The first-order chi connectivity index (χ1) is 9.97. The number of likely N-dealkylation sites (N-methyl/N-ethyl adjacent to an activating group) is 1. The van der Waals surface area contributed by atoms with Gasteiger partial charge in [-0.05, 0) is 69.5 Å². The second kappa shape index (κ2) is 5.15. The molecule has 1 saturated heterocycles. The molecule has 0 saturated carbocycles. The SMILES string of the molecule is Cc1cc2[nH]c(=O)c(=O)[nH]c2c(CC2CCCN2C)c1C. The molecular weight excluding hydrogens is 266 g/mol. The van der Waals surface area contributed by atoms with Crippen LogP contribution in [-0.4, -0.2) is 34.5 Å². The largest absolute Gasteiger partial charge is 0.316 e. The molecule has 1 atom stereocenters. The minimum absolute atomic E-state index is 0.504. The van der Waals surface area contributed by atoms with E-state index in [1.807, 2.05) is 13.0 Å². The van der Waals surface area contributed by atoms with Gasteiger partial charge >= 0.3 is 11.1 Å². The van der Waals surface area contributed by atoms with Gasteiger partial charge in [0.1, 0.15) is 0 Å². The lowest BCUT2D eigenvalue weighted by Gasteiger charge is -2.22. The molecule has 1 aliphatic rings. The van der Waals surface area contributed by atoms with Crippen LogP contribution in [0.15, 0.2) is 15.7 Å². The van der Waals surface area contributed by atoms with Crippen molar-refractivity contribution in [2.24, 2.45) is 0 Å². The van der Waals surface area contributed by atoms with Gasteiger partial charge in [0.2, 0.25) is 0 Å². The van der Waals surface area contributed by atoms with E-state index in [-0.39, 0.29) is 0 Å². The zero-order valence-corrected chi connectivity index (χ0v) is 12.7. The van der Waals surface area contributed by atoms with E-state index in [0.717, 1.165) is 35.1 Å². The van der Waals surface area contributed by atoms with Gasteiger partial charge in [0.25, 0.3) is 0 Å². The van der Waals surface area contributed by atoms with Crippen LogP contribution in [0, 0.1) is 13.8 Å². The van der Waals surface area contributed by atoms with E-state index in [0.29, 0.717) is 6.04 Å². The maximum Gasteiger partial charge on any atom is 0.314 e. The normalized spacial score (nSPS) is 19.5. The van der Waals surface area contributed by atoms with Crippen LogP contribution in [0.5, 0.6) is 0 Å². The zero-order valence-electron chi connectivity index (χ0n) is 12.7. The Morgan fingerprint density at radius 1 is 1.24 bits per heavy atom. The third-order valence-electron chi connectivity index (χ3n) is 4.78. The highest BCUT2D eigenvalue weighted by atomic mass is 16.2. The highest BCUT2D eigenvalue weighted by Crippen LogP contribution is 2.26. The lowest BCUT2D eigenvalue weighted by atomic mass is 9.95. The molecule has 1 unspecified atom stereocenters. The molecule has 21 heavy (non-hydrogen) atoms. The van der Waals surface area contributed by atoms with Crippen LogP contribution in [-0.2, 0) is 6.42 Å². The first-order valence-electron chi connectivity index (χ1n) is 7.43. The molecular formula is C16H21N3O2. The number of hydrogen-bond acceptors (Lipinski definition) is 3. The van der Waals surface area contributed by atoms with Crippen molar-refractivity contribution < 1.29 is 0 Å². The number of H-pyrrole nitrogens is 2. The Hall–Kier alpha value is -1.88. The lowest BCUT2D eigenvalue weighted by molar-refractivity contribution is 0.309. The number of benzene rings is 1. The molecule has 5 heteroatoms. The molecule has 0 spiro atoms. The second-order valence-electron chi connectivity index (χ2n) is 6.11. The summed E-state index contributed by atoms with van der Waals surface area (Å²) in [6.07, 6.45) is 3.30. The molecule has 0 amide bonds. The number of aromatic amines is 2. The number of fused-ring (bicyclic) bond motifs is 1. The standard InChI is InChI=1S/C16H21N3O2/c1-9-7-13-14(18-16(21)15(20)17-13)12(10(9)2)8-11-5-4-6-19(11)3/h7,11H,4-6,8H2,1-3H3,(H,17,20)(H,18,21). The Morgan fingerprint density at radius 2 is 1.95 bits per heavy atom. The van der Waals surface area contributed by atoms with Gasteiger partial charge in [-0.25, -0.2) is 0 Å². The summed E-state index contributed by atoms with van der Waals surface area (Å²) < 4.78 is 0. The number of hydrogen-bond donors (Lipinski definition) is 2. The lowest BCUT2D eigenvalue weighted by Crippen LogP contribution is -2.31. The van der Waals surface area contributed by atoms with Crippen LogP contribution in [0.1, 0.15) is 29.5 Å². The van der Waals surface area contributed by atoms with Crippen LogP contribution < -0.4 is 11.1 Å². The van der Waals surface area contributed by atoms with Crippen LogP contribution in [0.4, 0.5) is 0 Å². The minimum atomic E-state index is -0.588. The van der Waals surface area contributed by atoms with Crippen LogP contribution in [0.3, 0.4) is 0 Å². The van der Waals surface area contributed by atoms with E-state index >= 15 is 0 Å². The van der Waals surface area contributed by atoms with E-state index in [1.54, 1.807) is 0 Å². The van der Waals surface area contributed by atoms with Gasteiger partial charge in [-0.3, -0.25) is 9.59 Å². The molecule has 5 nitrogen and oxygen atoms in total. The number of nitrogens with one attached hydrogen (secondary N) is 2. The highest BCUT2D eigenvalue weighted by molar-refractivity contribution is 5.80. The summed E-state index contributed by atoms with van der Waals surface area (Å²) in [6.45, 7) is 5.25. The first kappa shape index (κ1) is 14.1. The van der Waals surface area contributed by atoms with Gasteiger partial charge in [0.05, 0.1) is 11.0 Å². The molecule has 0 radical (unpaired) electrons. The molecule has 3 rings (SSSR count). The molecule has 2 N–H and O–H groups in total. The van der Waals surface area contributed by atoms with Gasteiger partial charge in [-0.15, -0.1) is 0 Å². The molecule has 0 bridgehead atoms. The Morgan fingerprint density at radius 3 is 2.62 bits per heavy atom. The smallest absolute Gasteiger partial charge is 0.314 e. The van der Waals surface area contributed by atoms with E-state index < -0.39 is 11.1 Å². The van der Waals surface area contributed by atoms with E-state index in [2.05, 4.69) is 28.8 Å². The molecule has 1 fully saturated rings. The molecule has 1 aliphatic heterocycles. The average Bonchev–Trinajstić information content (AvgIpc) is 2.83. The van der Waals surface area contributed by atoms with Crippen molar-refractivity contribution in [2.75, 3.05) is 13.6 Å². The predicted molar refractivity (Wildman–Crippen MR) is 84.0 cm³/mol. The molecule has 1 aromatic carbocycles. The number of aryl methyl sites for hydroxylation is 1. The second-order valence-corrected chi connectivity index (χ2v) is 6.11. The Bertz CT molecular complexity index is 803. The Balaban J connectivity index is 2.19. The molecule has 1 aromatic heterocycles. The monoisotopic (exact) mass is 287 g/mol. The highest BCUT2D eigenvalue weighted by Gasteiger charge is 2.23. The van der Waals surface area contributed by atoms with Crippen molar-refractivity contribution in [2.45, 2.75) is 39.2 Å². The van der Waals surface area contributed by atoms with Gasteiger partial charge in [0, 0.05) is 6.04 Å². The number of likely N-dealkylation sites (tertiary alicyclic amines) is 1. The summed E-state index contributed by atoms with van der Waals surface area (Å²) in [5.74, 6) is 0. The Kier molecular flexibility index (Phi) is 3.45. The zero-order chi connectivity index (χ0) is 15.1. The molecule has 0 aliphatic carbocycles. The van der Waals surface area contributed by atoms with Gasteiger partial charge in [0.15, 0.2) is 0 Å². The maximum atomic E-state index is 11.7. The first-order valence-corrected chi connectivity index (χ1v) is 7.43. The van der Waals surface area contributed by atoms with Crippen molar-refractivity contribution in [3.8, 4) is 0 Å². The Labute approximate surface area is 123 Å². The van der Waals surface area contributed by atoms with E-state index in [9.17, 15) is 9.59 Å². The molecule has 112 valence electrons. The van der Waals surface area contributed by atoms with Crippen molar-refractivity contribution in [3.63, 3.8) is 0 Å². The fraction of sp³-hybridized carbons (Fsp3) is 0.500. The molecule has 2 heterocycles. The number of nitrogens with zero attached hydrogens (tertiary/aromatic N) is 1. The topological polar surface area (TPSA) is 69.0 Å². The predicted octanol–water partition coefficient (Wildman–Crippen LogP) is 1.47.